The minimum atomic E-state index is -4.42. The normalized spacial score (nSPS) is 24.2. The number of aliphatic imine (C=N–C) groups is 1. The third-order valence-corrected chi connectivity index (χ3v) is 10.3. The van der Waals surface area contributed by atoms with E-state index >= 15 is 8.78 Å². The topological polar surface area (TPSA) is 121 Å². The van der Waals surface area contributed by atoms with Crippen LogP contribution in [0.5, 0.6) is 0 Å². The van der Waals surface area contributed by atoms with Gasteiger partial charge in [-0.2, -0.15) is 4.90 Å². The second-order valence-electron chi connectivity index (χ2n) is 14.5. The van der Waals surface area contributed by atoms with Gasteiger partial charge in [-0.05, 0) is 94.6 Å². The Morgan fingerprint density at radius 2 is 1.42 bits per heavy atom. The number of amides is 2. The Morgan fingerprint density at radius 3 is 1.84 bits per heavy atom. The fourth-order valence-electron chi connectivity index (χ4n) is 4.49. The molecule has 0 bridgehead atoms. The van der Waals surface area contributed by atoms with Crippen molar-refractivity contribution in [2.45, 2.75) is 116 Å². The minimum absolute atomic E-state index is 0.304. The van der Waals surface area contributed by atoms with E-state index in [1.165, 1.54) is 26.0 Å². The lowest BCUT2D eigenvalue weighted by Gasteiger charge is -2.42. The number of nitrogens with zero attached hydrogens (tertiary/aromatic N) is 2. The lowest BCUT2D eigenvalue weighted by Crippen LogP contribution is -2.62. The highest BCUT2D eigenvalue weighted by Crippen LogP contribution is 2.41. The molecule has 1 aromatic rings. The fourth-order valence-corrected chi connectivity index (χ4v) is 6.19. The number of benzene rings is 1. The van der Waals surface area contributed by atoms with Gasteiger partial charge in [0.2, 0.25) is 0 Å². The Morgan fingerprint density at radius 1 is 0.953 bits per heavy atom. The van der Waals surface area contributed by atoms with Gasteiger partial charge >= 0.3 is 19.3 Å². The lowest BCUT2D eigenvalue weighted by atomic mass is 9.76. The number of carbonyl (C=O) groups is 2. The molecule has 1 aromatic carbocycles. The zero-order valence-electron chi connectivity index (χ0n) is 27.0. The van der Waals surface area contributed by atoms with Crippen LogP contribution in [0.4, 0.5) is 18.4 Å². The van der Waals surface area contributed by atoms with E-state index in [9.17, 15) is 18.0 Å². The summed E-state index contributed by atoms with van der Waals surface area (Å²) >= 11 is 0. The molecule has 0 saturated carbocycles. The van der Waals surface area contributed by atoms with E-state index in [0.717, 1.165) is 6.07 Å². The molecule has 0 radical (unpaired) electrons. The van der Waals surface area contributed by atoms with Gasteiger partial charge in [-0.25, -0.2) is 26.8 Å². The number of halogens is 2. The zero-order chi connectivity index (χ0) is 33.2. The van der Waals surface area contributed by atoms with E-state index in [-0.39, 0.29) is 0 Å². The summed E-state index contributed by atoms with van der Waals surface area (Å²) in [5.41, 5.74) is -6.20. The van der Waals surface area contributed by atoms with Gasteiger partial charge in [-0.15, -0.1) is 0 Å². The Balaban J connectivity index is 2.30. The fraction of sp³-hybridized carbons (Fsp3) is 0.690. The molecule has 240 valence electrons. The van der Waals surface area contributed by atoms with Crippen LogP contribution in [0.3, 0.4) is 0 Å². The van der Waals surface area contributed by atoms with Crippen LogP contribution in [-0.4, -0.2) is 78.0 Å². The average Bonchev–Trinajstić information content (AvgIpc) is 3.01. The van der Waals surface area contributed by atoms with Crippen molar-refractivity contribution in [1.82, 2.24) is 4.90 Å². The van der Waals surface area contributed by atoms with Crippen LogP contribution < -0.4 is 5.46 Å². The van der Waals surface area contributed by atoms with Crippen LogP contribution in [0.1, 0.15) is 88.6 Å². The third kappa shape index (κ3) is 6.75. The molecule has 0 spiro atoms. The average molecular weight is 629 g/mol. The maximum absolute atomic E-state index is 15.6. The maximum atomic E-state index is 15.6. The quantitative estimate of drug-likeness (QED) is 0.426. The van der Waals surface area contributed by atoms with Gasteiger partial charge in [0.15, 0.2) is 9.84 Å². The van der Waals surface area contributed by atoms with Gasteiger partial charge in [-0.3, -0.25) is 4.99 Å². The molecular weight excluding hydrogens is 585 g/mol. The number of sulfone groups is 1. The van der Waals surface area contributed by atoms with Crippen LogP contribution in [0, 0.1) is 5.82 Å². The first-order valence-electron chi connectivity index (χ1n) is 14.0. The molecule has 2 aliphatic heterocycles. The largest absolute Gasteiger partial charge is 0.494 e. The highest BCUT2D eigenvalue weighted by molar-refractivity contribution is 7.93. The molecule has 2 aliphatic rings. The van der Waals surface area contributed by atoms with Gasteiger partial charge < -0.3 is 18.8 Å². The summed E-state index contributed by atoms with van der Waals surface area (Å²) in [5, 5.41) is 0. The molecular formula is C29H43BF2N2O8S. The highest BCUT2D eigenvalue weighted by Gasteiger charge is 2.57. The van der Waals surface area contributed by atoms with Gasteiger partial charge in [-0.1, -0.05) is 12.1 Å². The molecule has 10 nitrogen and oxygen atoms in total. The van der Waals surface area contributed by atoms with Gasteiger partial charge in [0.25, 0.3) is 0 Å². The first-order chi connectivity index (χ1) is 19.2. The van der Waals surface area contributed by atoms with E-state index in [0.29, 0.717) is 10.4 Å². The first kappa shape index (κ1) is 34.9. The molecule has 0 aromatic heterocycles. The molecule has 1 fully saturated rings. The summed E-state index contributed by atoms with van der Waals surface area (Å²) in [6.07, 6.45) is -2.57. The van der Waals surface area contributed by atoms with E-state index < -0.39 is 91.5 Å². The Hall–Kier alpha value is -2.58. The third-order valence-electron chi connectivity index (χ3n) is 7.67. The number of imide groups is 1. The second kappa shape index (κ2) is 10.8. The van der Waals surface area contributed by atoms with Crippen LogP contribution >= 0.6 is 0 Å². The standard InChI is InChI=1S/C29H43BF2N2O8S/c1-24(2,3)39-22(35)34(23(36)40-25(4,5)6)21-26(7,8)43(37,38)17-29(16-31,33-21)19-15-18(13-14-20(19)32)30-41-27(9,10)28(11,12)42-30/h13-15H,16-17H2,1-12H3/t29-/m0/s1. The van der Waals surface area contributed by atoms with Gasteiger partial charge in [0, 0.05) is 5.56 Å². The van der Waals surface area contributed by atoms with Crippen LogP contribution in [0.15, 0.2) is 23.2 Å². The van der Waals surface area contributed by atoms with Crippen molar-refractivity contribution < 1.29 is 45.6 Å². The van der Waals surface area contributed by atoms with Crippen molar-refractivity contribution >= 4 is 40.4 Å². The van der Waals surface area contributed by atoms with Crippen LogP contribution in [0.25, 0.3) is 0 Å². The molecule has 0 aliphatic carbocycles. The van der Waals surface area contributed by atoms with Crippen LogP contribution in [0.2, 0.25) is 0 Å². The molecule has 2 amide bonds. The lowest BCUT2D eigenvalue weighted by molar-refractivity contribution is 0.00578. The van der Waals surface area contributed by atoms with Gasteiger partial charge in [0.1, 0.15) is 39.8 Å². The number of hydrogen-bond acceptors (Lipinski definition) is 9. The number of amidine groups is 1. The second-order valence-corrected chi connectivity index (χ2v) is 17.0. The summed E-state index contributed by atoms with van der Waals surface area (Å²) in [6, 6.07) is 3.69. The summed E-state index contributed by atoms with van der Waals surface area (Å²) in [4.78, 5) is 31.7. The van der Waals surface area contributed by atoms with Gasteiger partial charge in [0.05, 0.1) is 17.0 Å². The summed E-state index contributed by atoms with van der Waals surface area (Å²) in [6.45, 7) is 17.6. The minimum Gasteiger partial charge on any atom is -0.443 e. The molecule has 0 N–H and O–H groups in total. The molecule has 43 heavy (non-hydrogen) atoms. The number of ether oxygens (including phenoxy) is 2. The molecule has 1 saturated heterocycles. The zero-order valence-corrected chi connectivity index (χ0v) is 27.9. The maximum Gasteiger partial charge on any atom is 0.494 e. The summed E-state index contributed by atoms with van der Waals surface area (Å²) in [7, 11) is -5.39. The summed E-state index contributed by atoms with van der Waals surface area (Å²) < 4.78 is 79.5. The predicted molar refractivity (Wildman–Crippen MR) is 159 cm³/mol. The predicted octanol–water partition coefficient (Wildman–Crippen LogP) is 5.07. The van der Waals surface area contributed by atoms with E-state index in [2.05, 4.69) is 4.99 Å². The molecule has 2 heterocycles. The van der Waals surface area contributed by atoms with E-state index in [1.807, 2.05) is 27.7 Å². The molecule has 14 heteroatoms. The van der Waals surface area contributed by atoms with E-state index in [4.69, 9.17) is 18.8 Å². The van der Waals surface area contributed by atoms with Crippen molar-refractivity contribution in [3.8, 4) is 0 Å². The van der Waals surface area contributed by atoms with Crippen LogP contribution in [-0.2, 0) is 34.2 Å². The van der Waals surface area contributed by atoms with Crippen molar-refractivity contribution in [2.75, 3.05) is 12.4 Å². The van der Waals surface area contributed by atoms with Crippen molar-refractivity contribution in [3.63, 3.8) is 0 Å². The Bertz CT molecular complexity index is 1390. The Kier molecular flexibility index (Phi) is 8.77. The van der Waals surface area contributed by atoms with Crippen molar-refractivity contribution in [3.05, 3.63) is 29.6 Å². The molecule has 1 atom stereocenters. The summed E-state index contributed by atoms with van der Waals surface area (Å²) in [5.74, 6) is -2.56. The SMILES string of the molecule is CC(C)(C)OC(=O)N(C(=O)OC(C)(C)C)C1=N[C@](CF)(c2cc(B3OC(C)(C)C(C)(C)O3)ccc2F)CS(=O)(=O)C1(C)C. The number of rotatable bonds is 3. The van der Waals surface area contributed by atoms with Crippen molar-refractivity contribution in [2.24, 2.45) is 4.99 Å². The van der Waals surface area contributed by atoms with E-state index in [1.54, 1.807) is 41.5 Å². The number of alkyl halides is 1. The number of hydrogen-bond donors (Lipinski definition) is 0. The monoisotopic (exact) mass is 628 g/mol. The molecule has 3 rings (SSSR count). The van der Waals surface area contributed by atoms with Crippen molar-refractivity contribution in [1.29, 1.82) is 0 Å². The smallest absolute Gasteiger partial charge is 0.443 e. The molecule has 0 unspecified atom stereocenters. The number of carbonyl (C=O) groups excluding carboxylic acids is 2. The Labute approximate surface area is 253 Å². The first-order valence-corrected chi connectivity index (χ1v) is 15.6. The highest BCUT2D eigenvalue weighted by atomic mass is 32.2.